The first-order valence-corrected chi connectivity index (χ1v) is 19.2. The van der Waals surface area contributed by atoms with Crippen LogP contribution >= 0.6 is 46.7 Å². The lowest BCUT2D eigenvalue weighted by atomic mass is 10.2. The van der Waals surface area contributed by atoms with E-state index < -0.39 is 54.7 Å². The summed E-state index contributed by atoms with van der Waals surface area (Å²) in [6.07, 6.45) is -2.58. The van der Waals surface area contributed by atoms with Crippen molar-refractivity contribution >= 4 is 81.5 Å². The SMILES string of the molecule is CCCSc1nc(Cl)c(N)c(N[C@@H]2C[C@H](OCC(=O)OC)[C@@H](O)[C@H]2O)n1.CCCSc1nc(Cl)c2nnn([C@@H]3C[C@H](OCC)[C@@H](O)[C@H]3O)c2n1.O=C=O. The molecule has 3 heterocycles. The van der Waals surface area contributed by atoms with Crippen LogP contribution in [0.2, 0.25) is 10.3 Å². The number of halogens is 2. The molecule has 23 heteroatoms. The summed E-state index contributed by atoms with van der Waals surface area (Å²) in [4.78, 5) is 44.6. The minimum absolute atomic E-state index is 0.118. The number of nitrogen functional groups attached to an aromatic ring is 1. The van der Waals surface area contributed by atoms with E-state index in [1.165, 1.54) is 35.3 Å². The number of nitrogens with zero attached hydrogens (tertiary/aromatic N) is 7. The van der Waals surface area contributed by atoms with E-state index in [-0.39, 0.29) is 41.0 Å². The predicted molar refractivity (Wildman–Crippen MR) is 193 cm³/mol. The monoisotopic (exact) mass is 823 g/mol. The molecule has 0 aromatic carbocycles. The molecule has 294 valence electrons. The van der Waals surface area contributed by atoms with Crippen LogP contribution in [0.5, 0.6) is 0 Å². The lowest BCUT2D eigenvalue weighted by Crippen LogP contribution is -2.37. The van der Waals surface area contributed by atoms with Gasteiger partial charge in [0.1, 0.15) is 36.7 Å². The molecule has 0 unspecified atom stereocenters. The number of methoxy groups -OCH3 is 1. The minimum atomic E-state index is -1.16. The Morgan fingerprint density at radius 3 is 2.09 bits per heavy atom. The Balaban J connectivity index is 0.000000266. The number of nitrogens with one attached hydrogen (secondary N) is 1. The predicted octanol–water partition coefficient (Wildman–Crippen LogP) is 1.54. The van der Waals surface area contributed by atoms with Crippen molar-refractivity contribution in [1.29, 1.82) is 0 Å². The first-order chi connectivity index (χ1) is 25.3. The fourth-order valence-electron chi connectivity index (χ4n) is 5.35. The maximum atomic E-state index is 11.2. The third-order valence-electron chi connectivity index (χ3n) is 7.90. The summed E-state index contributed by atoms with van der Waals surface area (Å²) in [5.41, 5.74) is 6.93. The highest BCUT2D eigenvalue weighted by Crippen LogP contribution is 2.35. The third kappa shape index (κ3) is 11.8. The van der Waals surface area contributed by atoms with Crippen LogP contribution in [0.4, 0.5) is 11.5 Å². The number of aromatic nitrogens is 7. The molecule has 2 aliphatic carbocycles. The summed E-state index contributed by atoms with van der Waals surface area (Å²) in [6, 6.07) is -1.05. The second-order valence-corrected chi connectivity index (χ2v) is 14.4. The van der Waals surface area contributed by atoms with E-state index in [9.17, 15) is 25.2 Å². The molecule has 53 heavy (non-hydrogen) atoms. The van der Waals surface area contributed by atoms with Gasteiger partial charge in [0.15, 0.2) is 37.6 Å². The summed E-state index contributed by atoms with van der Waals surface area (Å²) in [5.74, 6) is 1.43. The number of ether oxygens (including phenoxy) is 3. The van der Waals surface area contributed by atoms with Crippen molar-refractivity contribution in [2.24, 2.45) is 0 Å². The van der Waals surface area contributed by atoms with Gasteiger partial charge in [0.2, 0.25) is 0 Å². The number of fused-ring (bicyclic) bond motifs is 1. The molecule has 0 spiro atoms. The van der Waals surface area contributed by atoms with Crippen LogP contribution in [0.1, 0.15) is 52.5 Å². The van der Waals surface area contributed by atoms with Crippen LogP contribution in [-0.4, -0.2) is 142 Å². The number of hydrogen-bond donors (Lipinski definition) is 6. The number of rotatable bonds is 14. The topological polar surface area (TPSA) is 280 Å². The summed E-state index contributed by atoms with van der Waals surface area (Å²) in [7, 11) is 1.24. The average Bonchev–Trinajstić information content (AvgIpc) is 3.77. The lowest BCUT2D eigenvalue weighted by Gasteiger charge is -2.19. The molecule has 2 fully saturated rings. The second-order valence-electron chi connectivity index (χ2n) is 11.5. The standard InChI is InChI=1S/C15H23ClN4O5S.C14H20ClN5O3S.CO2/c1-3-4-26-15-19-13(16)10(17)14(20-15)18-7-5-8(12(23)11(7)22)25-6-9(21)24-2;1-3-5-24-14-16-12(15)9-13(17-14)20(19-18-9)7-6-8(23-4-2)11(22)10(7)21;2-1-3/h7-8,11-12,22-23H,3-6,17H2,1-2H3,(H,18,19,20);7-8,10-11,21-22H,3-6H2,1-2H3;/t7-,8+,11+,12-;7-,8+,10+,11-;/m11./s1. The van der Waals surface area contributed by atoms with E-state index >= 15 is 0 Å². The molecule has 8 atom stereocenters. The molecular weight excluding hydrogens is 781 g/mol. The Morgan fingerprint density at radius 2 is 1.49 bits per heavy atom. The molecule has 0 saturated heterocycles. The number of anilines is 2. The molecule has 5 rings (SSSR count). The van der Waals surface area contributed by atoms with E-state index in [0.717, 1.165) is 24.3 Å². The highest BCUT2D eigenvalue weighted by molar-refractivity contribution is 7.99. The maximum Gasteiger partial charge on any atom is 0.373 e. The average molecular weight is 825 g/mol. The molecule has 3 aromatic rings. The molecule has 7 N–H and O–H groups in total. The van der Waals surface area contributed by atoms with Crippen molar-refractivity contribution in [2.75, 3.05) is 42.9 Å². The number of esters is 1. The lowest BCUT2D eigenvalue weighted by molar-refractivity contribution is -0.191. The second kappa shape index (κ2) is 21.8. The smallest absolute Gasteiger partial charge is 0.373 e. The molecule has 2 aliphatic rings. The third-order valence-corrected chi connectivity index (χ3v) is 10.6. The van der Waals surface area contributed by atoms with Crippen LogP contribution in [0.15, 0.2) is 10.3 Å². The van der Waals surface area contributed by atoms with Gasteiger partial charge in [-0.2, -0.15) is 9.59 Å². The Kier molecular flexibility index (Phi) is 18.3. The van der Waals surface area contributed by atoms with E-state index in [1.54, 1.807) is 0 Å². The van der Waals surface area contributed by atoms with Crippen molar-refractivity contribution in [3.63, 3.8) is 0 Å². The van der Waals surface area contributed by atoms with Crippen LogP contribution in [-0.2, 0) is 28.6 Å². The number of carbonyl (C=O) groups excluding carboxylic acids is 3. The number of carbonyl (C=O) groups is 1. The first-order valence-electron chi connectivity index (χ1n) is 16.5. The van der Waals surface area contributed by atoms with Gasteiger partial charge in [0.05, 0.1) is 31.4 Å². The van der Waals surface area contributed by atoms with Crippen molar-refractivity contribution in [3.05, 3.63) is 10.3 Å². The maximum absolute atomic E-state index is 11.2. The van der Waals surface area contributed by atoms with Crippen LogP contribution in [0.3, 0.4) is 0 Å². The fraction of sp³-hybridized carbons (Fsp3) is 0.667. The van der Waals surface area contributed by atoms with Crippen LogP contribution < -0.4 is 11.1 Å². The van der Waals surface area contributed by atoms with E-state index in [4.69, 9.17) is 48.0 Å². The van der Waals surface area contributed by atoms with Crippen molar-refractivity contribution in [1.82, 2.24) is 34.9 Å². The Bertz CT molecular complexity index is 1680. The summed E-state index contributed by atoms with van der Waals surface area (Å²) in [6.45, 7) is 6.11. The Hall–Kier alpha value is -2.95. The van der Waals surface area contributed by atoms with E-state index in [1.807, 2.05) is 13.8 Å². The zero-order chi connectivity index (χ0) is 39.2. The number of nitrogens with two attached hydrogens (primary N) is 1. The van der Waals surface area contributed by atoms with Crippen molar-refractivity contribution in [2.45, 2.75) is 105 Å². The Morgan fingerprint density at radius 1 is 0.906 bits per heavy atom. The van der Waals surface area contributed by atoms with Gasteiger partial charge in [-0.25, -0.2) is 29.4 Å². The van der Waals surface area contributed by atoms with Gasteiger partial charge < -0.3 is 45.7 Å². The molecule has 19 nitrogen and oxygen atoms in total. The van der Waals surface area contributed by atoms with Crippen LogP contribution in [0, 0.1) is 0 Å². The highest BCUT2D eigenvalue weighted by atomic mass is 35.5. The molecule has 2 saturated carbocycles. The molecule has 0 amide bonds. The minimum Gasteiger partial charge on any atom is -0.467 e. The van der Waals surface area contributed by atoms with Gasteiger partial charge >= 0.3 is 12.1 Å². The van der Waals surface area contributed by atoms with Crippen molar-refractivity contribution < 1.29 is 49.0 Å². The summed E-state index contributed by atoms with van der Waals surface area (Å²) >= 11 is 15.2. The van der Waals surface area contributed by atoms with E-state index in [0.29, 0.717) is 34.5 Å². The van der Waals surface area contributed by atoms with Gasteiger partial charge in [0, 0.05) is 24.5 Å². The molecular formula is C30H43Cl2N9O10S2. The van der Waals surface area contributed by atoms with Gasteiger partial charge in [0.25, 0.3) is 0 Å². The quantitative estimate of drug-likeness (QED) is 0.0582. The zero-order valence-corrected chi connectivity index (χ0v) is 32.4. The Labute approximate surface area is 323 Å². The fourth-order valence-corrected chi connectivity index (χ4v) is 7.21. The molecule has 0 aliphatic heterocycles. The van der Waals surface area contributed by atoms with Gasteiger partial charge in [-0.1, -0.05) is 65.8 Å². The number of hydrogen-bond acceptors (Lipinski definition) is 20. The molecule has 0 radical (unpaired) electrons. The van der Waals surface area contributed by atoms with Gasteiger partial charge in [-0.3, -0.25) is 0 Å². The number of aliphatic hydroxyl groups excluding tert-OH is 4. The summed E-state index contributed by atoms with van der Waals surface area (Å²) in [5, 5.41) is 53.4. The van der Waals surface area contributed by atoms with Gasteiger partial charge in [-0.15, -0.1) is 5.10 Å². The normalized spacial score (nSPS) is 24.9. The number of aliphatic hydroxyl groups is 4. The van der Waals surface area contributed by atoms with Crippen molar-refractivity contribution in [3.8, 4) is 0 Å². The largest absolute Gasteiger partial charge is 0.467 e. The van der Waals surface area contributed by atoms with E-state index in [2.05, 4.69) is 47.2 Å². The summed E-state index contributed by atoms with van der Waals surface area (Å²) < 4.78 is 16.8. The highest BCUT2D eigenvalue weighted by Gasteiger charge is 2.45. The van der Waals surface area contributed by atoms with Crippen LogP contribution in [0.25, 0.3) is 11.2 Å². The van der Waals surface area contributed by atoms with Gasteiger partial charge in [-0.05, 0) is 26.2 Å². The zero-order valence-electron chi connectivity index (χ0n) is 29.3. The molecule has 0 bridgehead atoms. The molecule has 3 aromatic heterocycles. The first kappa shape index (κ1) is 44.4. The number of thioether (sulfide) groups is 2.